The SMILES string of the molecule is CCN(CC(N)C(N)=O)c1ccc(C)cc1. The number of benzene rings is 1. The number of anilines is 1. The van der Waals surface area contributed by atoms with Gasteiger partial charge in [0.25, 0.3) is 0 Å². The summed E-state index contributed by atoms with van der Waals surface area (Å²) in [6.07, 6.45) is 0. The van der Waals surface area contributed by atoms with Crippen molar-refractivity contribution in [1.29, 1.82) is 0 Å². The van der Waals surface area contributed by atoms with Gasteiger partial charge < -0.3 is 16.4 Å². The summed E-state index contributed by atoms with van der Waals surface area (Å²) < 4.78 is 0. The van der Waals surface area contributed by atoms with E-state index in [1.54, 1.807) is 0 Å². The topological polar surface area (TPSA) is 72.3 Å². The van der Waals surface area contributed by atoms with Crippen molar-refractivity contribution in [2.24, 2.45) is 11.5 Å². The Balaban J connectivity index is 2.74. The number of nitrogens with two attached hydrogens (primary N) is 2. The minimum Gasteiger partial charge on any atom is -0.370 e. The van der Waals surface area contributed by atoms with Crippen LogP contribution >= 0.6 is 0 Å². The van der Waals surface area contributed by atoms with Crippen LogP contribution in [0.15, 0.2) is 24.3 Å². The lowest BCUT2D eigenvalue weighted by molar-refractivity contribution is -0.119. The van der Waals surface area contributed by atoms with Crippen molar-refractivity contribution in [2.75, 3.05) is 18.0 Å². The predicted molar refractivity (Wildman–Crippen MR) is 66.2 cm³/mol. The minimum absolute atomic E-state index is 0.453. The van der Waals surface area contributed by atoms with Crippen LogP contribution < -0.4 is 16.4 Å². The Morgan fingerprint density at radius 3 is 2.38 bits per heavy atom. The molecule has 0 spiro atoms. The second kappa shape index (κ2) is 5.51. The Hall–Kier alpha value is -1.55. The maximum Gasteiger partial charge on any atom is 0.236 e. The van der Waals surface area contributed by atoms with Crippen molar-refractivity contribution >= 4 is 11.6 Å². The van der Waals surface area contributed by atoms with Gasteiger partial charge in [0.1, 0.15) is 6.04 Å². The molecule has 0 heterocycles. The van der Waals surface area contributed by atoms with Gasteiger partial charge in [-0.05, 0) is 26.0 Å². The number of rotatable bonds is 5. The molecule has 0 aliphatic heterocycles. The number of likely N-dealkylation sites (N-methyl/N-ethyl adjacent to an activating group) is 1. The van der Waals surface area contributed by atoms with Gasteiger partial charge in [0, 0.05) is 18.8 Å². The highest BCUT2D eigenvalue weighted by atomic mass is 16.1. The monoisotopic (exact) mass is 221 g/mol. The van der Waals surface area contributed by atoms with Crippen LogP contribution in [-0.4, -0.2) is 25.0 Å². The predicted octanol–water partition coefficient (Wildman–Crippen LogP) is 0.634. The summed E-state index contributed by atoms with van der Waals surface area (Å²) in [7, 11) is 0. The van der Waals surface area contributed by atoms with Gasteiger partial charge in [0.05, 0.1) is 0 Å². The van der Waals surface area contributed by atoms with Crippen molar-refractivity contribution in [1.82, 2.24) is 0 Å². The lowest BCUT2D eigenvalue weighted by Crippen LogP contribution is -2.46. The minimum atomic E-state index is -0.624. The molecule has 1 aromatic rings. The summed E-state index contributed by atoms with van der Waals surface area (Å²) in [5.41, 5.74) is 13.1. The van der Waals surface area contributed by atoms with Gasteiger partial charge in [-0.25, -0.2) is 0 Å². The van der Waals surface area contributed by atoms with Crippen LogP contribution in [0.2, 0.25) is 0 Å². The summed E-state index contributed by atoms with van der Waals surface area (Å²) in [4.78, 5) is 12.9. The quantitative estimate of drug-likeness (QED) is 0.766. The maximum absolute atomic E-state index is 10.9. The van der Waals surface area contributed by atoms with Gasteiger partial charge in [0.2, 0.25) is 5.91 Å². The van der Waals surface area contributed by atoms with E-state index in [9.17, 15) is 4.79 Å². The van der Waals surface area contributed by atoms with Crippen molar-refractivity contribution in [3.05, 3.63) is 29.8 Å². The highest BCUT2D eigenvalue weighted by molar-refractivity contribution is 5.80. The number of carbonyl (C=O) groups excluding carboxylic acids is 1. The molecule has 1 unspecified atom stereocenters. The van der Waals surface area contributed by atoms with Crippen LogP contribution in [0.5, 0.6) is 0 Å². The van der Waals surface area contributed by atoms with Crippen LogP contribution in [-0.2, 0) is 4.79 Å². The maximum atomic E-state index is 10.9. The highest BCUT2D eigenvalue weighted by Gasteiger charge is 2.14. The van der Waals surface area contributed by atoms with E-state index in [0.29, 0.717) is 6.54 Å². The Morgan fingerprint density at radius 2 is 1.94 bits per heavy atom. The van der Waals surface area contributed by atoms with Gasteiger partial charge in [-0.15, -0.1) is 0 Å². The highest BCUT2D eigenvalue weighted by Crippen LogP contribution is 2.14. The first-order valence-electron chi connectivity index (χ1n) is 5.41. The molecule has 0 bridgehead atoms. The van der Waals surface area contributed by atoms with Gasteiger partial charge in [-0.3, -0.25) is 4.79 Å². The third-order valence-electron chi connectivity index (χ3n) is 2.56. The first-order valence-corrected chi connectivity index (χ1v) is 5.41. The number of carbonyl (C=O) groups is 1. The molecule has 1 rings (SSSR count). The van der Waals surface area contributed by atoms with Gasteiger partial charge >= 0.3 is 0 Å². The Labute approximate surface area is 96.2 Å². The molecule has 16 heavy (non-hydrogen) atoms. The molecule has 0 aliphatic rings. The third kappa shape index (κ3) is 3.24. The molecule has 0 saturated heterocycles. The normalized spacial score (nSPS) is 12.2. The molecule has 0 aliphatic carbocycles. The van der Waals surface area contributed by atoms with E-state index >= 15 is 0 Å². The lowest BCUT2D eigenvalue weighted by atomic mass is 10.2. The van der Waals surface area contributed by atoms with Gasteiger partial charge in [0.15, 0.2) is 0 Å². The molecule has 88 valence electrons. The molecular formula is C12H19N3O. The molecule has 0 aromatic heterocycles. The Morgan fingerprint density at radius 1 is 1.38 bits per heavy atom. The van der Waals surface area contributed by atoms with E-state index < -0.39 is 11.9 Å². The van der Waals surface area contributed by atoms with Gasteiger partial charge in [-0.1, -0.05) is 17.7 Å². The first-order chi connectivity index (χ1) is 7.54. The Bertz CT molecular complexity index is 348. The summed E-state index contributed by atoms with van der Waals surface area (Å²) in [6.45, 7) is 5.31. The molecule has 1 atom stereocenters. The smallest absolute Gasteiger partial charge is 0.236 e. The standard InChI is InChI=1S/C12H19N3O/c1-3-15(8-11(13)12(14)16)10-6-4-9(2)5-7-10/h4-7,11H,3,8,13H2,1-2H3,(H2,14,16). The average Bonchev–Trinajstić information content (AvgIpc) is 2.26. The molecule has 1 aromatic carbocycles. The molecule has 4 heteroatoms. The molecular weight excluding hydrogens is 202 g/mol. The second-order valence-electron chi connectivity index (χ2n) is 3.88. The first kappa shape index (κ1) is 12.5. The average molecular weight is 221 g/mol. The van der Waals surface area contributed by atoms with E-state index in [1.165, 1.54) is 5.56 Å². The molecule has 4 nitrogen and oxygen atoms in total. The molecule has 4 N–H and O–H groups in total. The summed E-state index contributed by atoms with van der Waals surface area (Å²) in [6, 6.07) is 7.49. The van der Waals surface area contributed by atoms with Crippen LogP contribution in [0.1, 0.15) is 12.5 Å². The van der Waals surface area contributed by atoms with E-state index in [2.05, 4.69) is 0 Å². The molecule has 0 fully saturated rings. The largest absolute Gasteiger partial charge is 0.370 e. The van der Waals surface area contributed by atoms with Crippen LogP contribution in [0.4, 0.5) is 5.69 Å². The van der Waals surface area contributed by atoms with Crippen molar-refractivity contribution in [3.63, 3.8) is 0 Å². The zero-order valence-electron chi connectivity index (χ0n) is 9.81. The van der Waals surface area contributed by atoms with Crippen LogP contribution in [0, 0.1) is 6.92 Å². The number of aryl methyl sites for hydroxylation is 1. The number of nitrogens with zero attached hydrogens (tertiary/aromatic N) is 1. The van der Waals surface area contributed by atoms with E-state index in [1.807, 2.05) is 43.0 Å². The zero-order chi connectivity index (χ0) is 12.1. The molecule has 0 radical (unpaired) electrons. The third-order valence-corrected chi connectivity index (χ3v) is 2.56. The fraction of sp³-hybridized carbons (Fsp3) is 0.417. The van der Waals surface area contributed by atoms with E-state index in [0.717, 1.165) is 12.2 Å². The fourth-order valence-corrected chi connectivity index (χ4v) is 1.50. The zero-order valence-corrected chi connectivity index (χ0v) is 9.81. The van der Waals surface area contributed by atoms with Crippen molar-refractivity contribution < 1.29 is 4.79 Å². The van der Waals surface area contributed by atoms with E-state index in [-0.39, 0.29) is 0 Å². The number of hydrogen-bond donors (Lipinski definition) is 2. The summed E-state index contributed by atoms with van der Waals surface area (Å²) in [5, 5.41) is 0. The molecule has 0 saturated carbocycles. The van der Waals surface area contributed by atoms with E-state index in [4.69, 9.17) is 11.5 Å². The second-order valence-corrected chi connectivity index (χ2v) is 3.88. The number of primary amides is 1. The lowest BCUT2D eigenvalue weighted by Gasteiger charge is -2.25. The number of hydrogen-bond acceptors (Lipinski definition) is 3. The summed E-state index contributed by atoms with van der Waals surface area (Å²) >= 11 is 0. The van der Waals surface area contributed by atoms with Gasteiger partial charge in [-0.2, -0.15) is 0 Å². The summed E-state index contributed by atoms with van der Waals surface area (Å²) in [5.74, 6) is -0.467. The number of amides is 1. The van der Waals surface area contributed by atoms with Crippen LogP contribution in [0.3, 0.4) is 0 Å². The van der Waals surface area contributed by atoms with Crippen LogP contribution in [0.25, 0.3) is 0 Å². The van der Waals surface area contributed by atoms with Crippen molar-refractivity contribution in [2.45, 2.75) is 19.9 Å². The Kier molecular flexibility index (Phi) is 4.31. The fourth-order valence-electron chi connectivity index (χ4n) is 1.50. The molecule has 1 amide bonds. The van der Waals surface area contributed by atoms with Crippen molar-refractivity contribution in [3.8, 4) is 0 Å².